The third-order valence-corrected chi connectivity index (χ3v) is 2.63. The highest BCUT2D eigenvalue weighted by atomic mass is 16.5. The fourth-order valence-electron chi connectivity index (χ4n) is 1.73. The summed E-state index contributed by atoms with van der Waals surface area (Å²) in [6, 6.07) is 10.9. The van der Waals surface area contributed by atoms with E-state index >= 15 is 0 Å². The molecule has 0 radical (unpaired) electrons. The minimum Gasteiger partial charge on any atom is -0.367 e. The predicted octanol–water partition coefficient (Wildman–Crippen LogP) is 2.18. The second-order valence-electron chi connectivity index (χ2n) is 4.01. The zero-order valence-corrected chi connectivity index (χ0v) is 10.7. The van der Waals surface area contributed by atoms with Crippen LogP contribution in [0.4, 0.5) is 0 Å². The van der Waals surface area contributed by atoms with Crippen molar-refractivity contribution >= 4 is 5.91 Å². The SMILES string of the molecule is CCCC(C#N)NC(=O)C(OC)c1ccccc1. The van der Waals surface area contributed by atoms with Crippen molar-refractivity contribution < 1.29 is 9.53 Å². The minimum absolute atomic E-state index is 0.274. The summed E-state index contributed by atoms with van der Waals surface area (Å²) in [5.41, 5.74) is 0.783. The number of nitrogens with one attached hydrogen (secondary N) is 1. The van der Waals surface area contributed by atoms with E-state index in [4.69, 9.17) is 10.00 Å². The van der Waals surface area contributed by atoms with Crippen molar-refractivity contribution in [1.29, 1.82) is 5.26 Å². The predicted molar refractivity (Wildman–Crippen MR) is 68.6 cm³/mol. The van der Waals surface area contributed by atoms with Gasteiger partial charge in [0.15, 0.2) is 6.10 Å². The van der Waals surface area contributed by atoms with Crippen LogP contribution in [-0.4, -0.2) is 19.1 Å². The van der Waals surface area contributed by atoms with E-state index in [2.05, 4.69) is 11.4 Å². The minimum atomic E-state index is -0.668. The van der Waals surface area contributed by atoms with Crippen LogP contribution in [0, 0.1) is 11.3 Å². The van der Waals surface area contributed by atoms with Gasteiger partial charge in [0.05, 0.1) is 6.07 Å². The van der Waals surface area contributed by atoms with Crippen molar-refractivity contribution in [2.45, 2.75) is 31.9 Å². The summed E-state index contributed by atoms with van der Waals surface area (Å²) in [5.74, 6) is -0.274. The summed E-state index contributed by atoms with van der Waals surface area (Å²) in [5, 5.41) is 11.6. The maximum Gasteiger partial charge on any atom is 0.254 e. The Hall–Kier alpha value is -1.86. The monoisotopic (exact) mass is 246 g/mol. The lowest BCUT2D eigenvalue weighted by molar-refractivity contribution is -0.131. The van der Waals surface area contributed by atoms with E-state index in [-0.39, 0.29) is 5.91 Å². The van der Waals surface area contributed by atoms with E-state index in [9.17, 15) is 4.79 Å². The molecule has 0 aliphatic carbocycles. The van der Waals surface area contributed by atoms with Gasteiger partial charge in [0.2, 0.25) is 0 Å². The van der Waals surface area contributed by atoms with Gasteiger partial charge < -0.3 is 10.1 Å². The van der Waals surface area contributed by atoms with E-state index in [0.717, 1.165) is 12.0 Å². The van der Waals surface area contributed by atoms with Crippen molar-refractivity contribution in [3.8, 4) is 6.07 Å². The topological polar surface area (TPSA) is 62.1 Å². The average Bonchev–Trinajstić information content (AvgIpc) is 2.40. The molecule has 4 nitrogen and oxygen atoms in total. The van der Waals surface area contributed by atoms with Crippen molar-refractivity contribution in [1.82, 2.24) is 5.32 Å². The van der Waals surface area contributed by atoms with E-state index in [1.165, 1.54) is 7.11 Å². The Morgan fingerprint density at radius 2 is 2.11 bits per heavy atom. The molecule has 2 unspecified atom stereocenters. The Bertz CT molecular complexity index is 412. The second-order valence-corrected chi connectivity index (χ2v) is 4.01. The molecule has 0 aliphatic rings. The molecule has 4 heteroatoms. The maximum atomic E-state index is 12.0. The zero-order chi connectivity index (χ0) is 13.4. The van der Waals surface area contributed by atoms with Crippen LogP contribution >= 0.6 is 0 Å². The number of amides is 1. The molecule has 1 aromatic carbocycles. The number of hydrogen-bond donors (Lipinski definition) is 1. The number of methoxy groups -OCH3 is 1. The first kappa shape index (κ1) is 14.2. The molecule has 0 spiro atoms. The van der Waals surface area contributed by atoms with E-state index in [1.807, 2.05) is 37.3 Å². The van der Waals surface area contributed by atoms with Crippen molar-refractivity contribution in [3.63, 3.8) is 0 Å². The van der Waals surface area contributed by atoms with Gasteiger partial charge in [-0.15, -0.1) is 0 Å². The Labute approximate surface area is 108 Å². The second kappa shape index (κ2) is 7.46. The maximum absolute atomic E-state index is 12.0. The lowest BCUT2D eigenvalue weighted by Gasteiger charge is -2.17. The summed E-state index contributed by atoms with van der Waals surface area (Å²) >= 11 is 0. The lowest BCUT2D eigenvalue weighted by atomic mass is 10.1. The van der Waals surface area contributed by atoms with Gasteiger partial charge >= 0.3 is 0 Å². The van der Waals surface area contributed by atoms with Gasteiger partial charge in [-0.3, -0.25) is 4.79 Å². The summed E-state index contributed by atoms with van der Waals surface area (Å²) in [6.45, 7) is 1.97. The van der Waals surface area contributed by atoms with Crippen LogP contribution in [-0.2, 0) is 9.53 Å². The number of carbonyl (C=O) groups excluding carboxylic acids is 1. The van der Waals surface area contributed by atoms with E-state index in [1.54, 1.807) is 0 Å². The number of carbonyl (C=O) groups is 1. The van der Waals surface area contributed by atoms with Crippen molar-refractivity contribution in [2.24, 2.45) is 0 Å². The summed E-state index contributed by atoms with van der Waals surface area (Å²) in [4.78, 5) is 12.0. The Balaban J connectivity index is 2.72. The molecule has 0 heterocycles. The normalized spacial score (nSPS) is 13.4. The van der Waals surface area contributed by atoms with E-state index in [0.29, 0.717) is 6.42 Å². The van der Waals surface area contributed by atoms with Crippen LogP contribution in [0.25, 0.3) is 0 Å². The number of benzene rings is 1. The number of nitrogens with zero attached hydrogens (tertiary/aromatic N) is 1. The first-order valence-electron chi connectivity index (χ1n) is 6.00. The fraction of sp³-hybridized carbons (Fsp3) is 0.429. The molecule has 0 saturated heterocycles. The zero-order valence-electron chi connectivity index (χ0n) is 10.7. The van der Waals surface area contributed by atoms with Crippen LogP contribution < -0.4 is 5.32 Å². The molecule has 0 aromatic heterocycles. The molecule has 18 heavy (non-hydrogen) atoms. The highest BCUT2D eigenvalue weighted by Crippen LogP contribution is 2.16. The molecule has 1 amide bonds. The van der Waals surface area contributed by atoms with Gasteiger partial charge in [-0.1, -0.05) is 43.7 Å². The molecular weight excluding hydrogens is 228 g/mol. The molecule has 0 bridgehead atoms. The van der Waals surface area contributed by atoms with Crippen LogP contribution in [0.3, 0.4) is 0 Å². The Kier molecular flexibility index (Phi) is 5.89. The van der Waals surface area contributed by atoms with Gasteiger partial charge in [0.1, 0.15) is 6.04 Å². The lowest BCUT2D eigenvalue weighted by Crippen LogP contribution is -2.37. The highest BCUT2D eigenvalue weighted by Gasteiger charge is 2.22. The Morgan fingerprint density at radius 1 is 1.44 bits per heavy atom. The smallest absolute Gasteiger partial charge is 0.254 e. The highest BCUT2D eigenvalue weighted by molar-refractivity contribution is 5.82. The standard InChI is InChI=1S/C14H18N2O2/c1-3-7-12(10-15)16-14(17)13(18-2)11-8-5-4-6-9-11/h4-6,8-9,12-13H,3,7H2,1-2H3,(H,16,17). The average molecular weight is 246 g/mol. The Morgan fingerprint density at radius 3 is 2.61 bits per heavy atom. The molecule has 0 saturated carbocycles. The molecule has 96 valence electrons. The van der Waals surface area contributed by atoms with Crippen LogP contribution in [0.2, 0.25) is 0 Å². The number of nitriles is 1. The summed E-state index contributed by atoms with van der Waals surface area (Å²) in [7, 11) is 1.48. The van der Waals surface area contributed by atoms with Crippen LogP contribution in [0.15, 0.2) is 30.3 Å². The third-order valence-electron chi connectivity index (χ3n) is 2.63. The first-order chi connectivity index (χ1) is 8.72. The molecule has 0 aliphatic heterocycles. The number of rotatable bonds is 6. The fourth-order valence-corrected chi connectivity index (χ4v) is 1.73. The molecular formula is C14H18N2O2. The van der Waals surface area contributed by atoms with Crippen LogP contribution in [0.1, 0.15) is 31.4 Å². The molecule has 2 atom stereocenters. The van der Waals surface area contributed by atoms with Crippen molar-refractivity contribution in [2.75, 3.05) is 7.11 Å². The van der Waals surface area contributed by atoms with Gasteiger partial charge in [-0.05, 0) is 12.0 Å². The first-order valence-corrected chi connectivity index (χ1v) is 6.00. The van der Waals surface area contributed by atoms with Gasteiger partial charge in [-0.25, -0.2) is 0 Å². The summed E-state index contributed by atoms with van der Waals surface area (Å²) in [6.07, 6.45) is 0.827. The molecule has 1 N–H and O–H groups in total. The van der Waals surface area contributed by atoms with Gasteiger partial charge in [0.25, 0.3) is 5.91 Å². The molecule has 0 fully saturated rings. The largest absolute Gasteiger partial charge is 0.367 e. The number of hydrogen-bond acceptors (Lipinski definition) is 3. The van der Waals surface area contributed by atoms with Gasteiger partial charge in [-0.2, -0.15) is 5.26 Å². The number of ether oxygens (including phenoxy) is 1. The van der Waals surface area contributed by atoms with Crippen molar-refractivity contribution in [3.05, 3.63) is 35.9 Å². The molecule has 1 rings (SSSR count). The van der Waals surface area contributed by atoms with Crippen LogP contribution in [0.5, 0.6) is 0 Å². The molecule has 1 aromatic rings. The van der Waals surface area contributed by atoms with E-state index < -0.39 is 12.1 Å². The summed E-state index contributed by atoms with van der Waals surface area (Å²) < 4.78 is 5.20. The third kappa shape index (κ3) is 3.86. The van der Waals surface area contributed by atoms with Gasteiger partial charge in [0, 0.05) is 7.11 Å². The quantitative estimate of drug-likeness (QED) is 0.836.